The maximum atomic E-state index is 10.9. The average molecular weight is 282 g/mol. The van der Waals surface area contributed by atoms with Gasteiger partial charge >= 0.3 is 5.69 Å². The average Bonchev–Trinajstić information content (AvgIpc) is 2.32. The third kappa shape index (κ3) is 5.54. The molecule has 0 saturated heterocycles. The van der Waals surface area contributed by atoms with Crippen LogP contribution in [0.5, 0.6) is 5.75 Å². The van der Waals surface area contributed by atoms with Gasteiger partial charge in [-0.05, 0) is 39.3 Å². The molecule has 1 aromatic rings. The summed E-state index contributed by atoms with van der Waals surface area (Å²) in [5, 5.41) is 23.8. The molecule has 0 aliphatic carbocycles. The maximum absolute atomic E-state index is 10.9. The van der Waals surface area contributed by atoms with Gasteiger partial charge in [0.2, 0.25) is 0 Å². The SMILES string of the molecule is Cc1ccc([N+](=O)[O-])c(OC[C@@H](O)CNC(C)(C)C)c1. The molecule has 0 unspecified atom stereocenters. The van der Waals surface area contributed by atoms with E-state index >= 15 is 0 Å². The molecule has 0 amide bonds. The summed E-state index contributed by atoms with van der Waals surface area (Å²) in [5.41, 5.74) is 0.676. The van der Waals surface area contributed by atoms with Crippen molar-refractivity contribution in [1.82, 2.24) is 5.32 Å². The molecule has 6 heteroatoms. The molecule has 112 valence electrons. The standard InChI is InChI=1S/C14H22N2O4/c1-10-5-6-12(16(18)19)13(7-10)20-9-11(17)8-15-14(2,3)4/h5-7,11,15,17H,8-9H2,1-4H3/t11-/m0/s1. The lowest BCUT2D eigenvalue weighted by Crippen LogP contribution is -2.42. The zero-order valence-corrected chi connectivity index (χ0v) is 12.3. The zero-order valence-electron chi connectivity index (χ0n) is 12.3. The van der Waals surface area contributed by atoms with Crippen LogP contribution in [-0.2, 0) is 0 Å². The van der Waals surface area contributed by atoms with Gasteiger partial charge in [0.1, 0.15) is 12.7 Å². The normalized spacial score (nSPS) is 13.1. The number of hydrogen-bond acceptors (Lipinski definition) is 5. The molecule has 20 heavy (non-hydrogen) atoms. The highest BCUT2D eigenvalue weighted by atomic mass is 16.6. The highest BCUT2D eigenvalue weighted by Crippen LogP contribution is 2.27. The molecule has 0 aromatic heterocycles. The molecule has 1 aromatic carbocycles. The number of benzene rings is 1. The van der Waals surface area contributed by atoms with E-state index in [1.165, 1.54) is 6.07 Å². The summed E-state index contributed by atoms with van der Waals surface area (Å²) in [5.74, 6) is 0.185. The van der Waals surface area contributed by atoms with Crippen LogP contribution in [0.2, 0.25) is 0 Å². The van der Waals surface area contributed by atoms with Crippen molar-refractivity contribution in [2.75, 3.05) is 13.2 Å². The number of ether oxygens (including phenoxy) is 1. The highest BCUT2D eigenvalue weighted by molar-refractivity contribution is 5.48. The maximum Gasteiger partial charge on any atom is 0.310 e. The number of rotatable bonds is 6. The minimum Gasteiger partial charge on any atom is -0.484 e. The van der Waals surface area contributed by atoms with E-state index in [4.69, 9.17) is 4.74 Å². The molecule has 6 nitrogen and oxygen atoms in total. The lowest BCUT2D eigenvalue weighted by molar-refractivity contribution is -0.385. The second-order valence-corrected chi connectivity index (χ2v) is 5.82. The van der Waals surface area contributed by atoms with Gasteiger partial charge in [-0.3, -0.25) is 10.1 Å². The van der Waals surface area contributed by atoms with Crippen LogP contribution in [0.3, 0.4) is 0 Å². The summed E-state index contributed by atoms with van der Waals surface area (Å²) in [6.45, 7) is 8.18. The van der Waals surface area contributed by atoms with Crippen molar-refractivity contribution in [3.05, 3.63) is 33.9 Å². The number of nitrogens with zero attached hydrogens (tertiary/aromatic N) is 1. The molecule has 1 atom stereocenters. The molecule has 2 N–H and O–H groups in total. The van der Waals surface area contributed by atoms with E-state index in [0.29, 0.717) is 6.54 Å². The molecule has 0 bridgehead atoms. The van der Waals surface area contributed by atoms with E-state index in [9.17, 15) is 15.2 Å². The molecule has 0 aliphatic rings. The fourth-order valence-electron chi connectivity index (χ4n) is 1.56. The Morgan fingerprint density at radius 2 is 2.10 bits per heavy atom. The van der Waals surface area contributed by atoms with Crippen LogP contribution in [0.1, 0.15) is 26.3 Å². The summed E-state index contributed by atoms with van der Waals surface area (Å²) in [4.78, 5) is 10.4. The van der Waals surface area contributed by atoms with Gasteiger partial charge in [-0.25, -0.2) is 0 Å². The van der Waals surface area contributed by atoms with Gasteiger partial charge in [0.15, 0.2) is 5.75 Å². The van der Waals surface area contributed by atoms with Gasteiger partial charge in [-0.1, -0.05) is 6.07 Å². The van der Waals surface area contributed by atoms with Crippen molar-refractivity contribution < 1.29 is 14.8 Å². The molecule has 1 rings (SSSR count). The van der Waals surface area contributed by atoms with Crippen LogP contribution < -0.4 is 10.1 Å². The van der Waals surface area contributed by atoms with Gasteiger partial charge in [-0.15, -0.1) is 0 Å². The summed E-state index contributed by atoms with van der Waals surface area (Å²) >= 11 is 0. The Balaban J connectivity index is 2.61. The molecule has 0 aliphatic heterocycles. The molecule has 0 heterocycles. The van der Waals surface area contributed by atoms with Crippen LogP contribution in [-0.4, -0.2) is 34.8 Å². The third-order valence-electron chi connectivity index (χ3n) is 2.61. The van der Waals surface area contributed by atoms with Crippen LogP contribution in [0.4, 0.5) is 5.69 Å². The highest BCUT2D eigenvalue weighted by Gasteiger charge is 2.17. The van der Waals surface area contributed by atoms with Crippen LogP contribution in [0.25, 0.3) is 0 Å². The Morgan fingerprint density at radius 3 is 2.65 bits per heavy atom. The first-order valence-corrected chi connectivity index (χ1v) is 6.50. The Morgan fingerprint density at radius 1 is 1.45 bits per heavy atom. The number of hydrogen-bond donors (Lipinski definition) is 2. The van der Waals surface area contributed by atoms with Crippen molar-refractivity contribution in [3.8, 4) is 5.75 Å². The van der Waals surface area contributed by atoms with E-state index in [1.54, 1.807) is 12.1 Å². The quantitative estimate of drug-likeness (QED) is 0.616. The van der Waals surface area contributed by atoms with Crippen molar-refractivity contribution in [2.24, 2.45) is 0 Å². The first kappa shape index (κ1) is 16.4. The molecule has 0 saturated carbocycles. The largest absolute Gasteiger partial charge is 0.484 e. The number of nitrogens with one attached hydrogen (secondary N) is 1. The monoisotopic (exact) mass is 282 g/mol. The lowest BCUT2D eigenvalue weighted by Gasteiger charge is -2.22. The molecule has 0 spiro atoms. The van der Waals surface area contributed by atoms with E-state index in [0.717, 1.165) is 5.56 Å². The number of aliphatic hydroxyl groups is 1. The number of β-amino-alcohol motifs (C(OH)–C–C–N with tert-alkyl or cyclic N) is 1. The minimum atomic E-state index is -0.727. The fraction of sp³-hybridized carbons (Fsp3) is 0.571. The Kier molecular flexibility index (Phi) is 5.47. The van der Waals surface area contributed by atoms with Crippen molar-refractivity contribution in [3.63, 3.8) is 0 Å². The molecular formula is C14H22N2O4. The van der Waals surface area contributed by atoms with Crippen molar-refractivity contribution in [1.29, 1.82) is 0 Å². The zero-order chi connectivity index (χ0) is 15.3. The summed E-state index contributed by atoms with van der Waals surface area (Å²) < 4.78 is 5.37. The fourth-order valence-corrected chi connectivity index (χ4v) is 1.56. The summed E-state index contributed by atoms with van der Waals surface area (Å²) in [6.07, 6.45) is -0.727. The number of aryl methyl sites for hydroxylation is 1. The van der Waals surface area contributed by atoms with Crippen LogP contribution >= 0.6 is 0 Å². The molecule has 0 radical (unpaired) electrons. The predicted molar refractivity (Wildman–Crippen MR) is 77.1 cm³/mol. The summed E-state index contributed by atoms with van der Waals surface area (Å²) in [6, 6.07) is 4.66. The Labute approximate surface area is 118 Å². The minimum absolute atomic E-state index is 0.00731. The van der Waals surface area contributed by atoms with E-state index in [1.807, 2.05) is 27.7 Å². The number of nitro benzene ring substituents is 1. The number of nitro groups is 1. The lowest BCUT2D eigenvalue weighted by atomic mass is 10.1. The van der Waals surface area contributed by atoms with Crippen LogP contribution in [0.15, 0.2) is 18.2 Å². The van der Waals surface area contributed by atoms with E-state index in [-0.39, 0.29) is 23.6 Å². The first-order valence-electron chi connectivity index (χ1n) is 6.50. The van der Waals surface area contributed by atoms with E-state index < -0.39 is 11.0 Å². The van der Waals surface area contributed by atoms with Gasteiger partial charge in [0.05, 0.1) is 4.92 Å². The molecular weight excluding hydrogens is 260 g/mol. The van der Waals surface area contributed by atoms with Crippen molar-refractivity contribution in [2.45, 2.75) is 39.3 Å². The first-order chi connectivity index (χ1) is 9.19. The van der Waals surface area contributed by atoms with Gasteiger partial charge in [0, 0.05) is 18.2 Å². The Bertz CT molecular complexity index is 469. The smallest absolute Gasteiger partial charge is 0.310 e. The second kappa shape index (κ2) is 6.67. The third-order valence-corrected chi connectivity index (χ3v) is 2.61. The van der Waals surface area contributed by atoms with Gasteiger partial charge in [-0.2, -0.15) is 0 Å². The van der Waals surface area contributed by atoms with E-state index in [2.05, 4.69) is 5.32 Å². The second-order valence-electron chi connectivity index (χ2n) is 5.82. The predicted octanol–water partition coefficient (Wildman–Crippen LogP) is 2.03. The van der Waals surface area contributed by atoms with Gasteiger partial charge in [0.25, 0.3) is 0 Å². The van der Waals surface area contributed by atoms with Crippen molar-refractivity contribution >= 4 is 5.69 Å². The number of aliphatic hydroxyl groups excluding tert-OH is 1. The summed E-state index contributed by atoms with van der Waals surface area (Å²) in [7, 11) is 0. The molecule has 0 fully saturated rings. The van der Waals surface area contributed by atoms with Crippen LogP contribution in [0, 0.1) is 17.0 Å². The topological polar surface area (TPSA) is 84.6 Å². The van der Waals surface area contributed by atoms with Gasteiger partial charge < -0.3 is 15.2 Å². The Hall–Kier alpha value is -1.66.